The van der Waals surface area contributed by atoms with Crippen LogP contribution in [-0.2, 0) is 10.0 Å². The molecular weight excluding hydrogens is 299 g/mol. The van der Waals surface area contributed by atoms with Gasteiger partial charge in [-0.05, 0) is 30.9 Å². The molecular formula is C13H17FN2O4S. The molecule has 0 heterocycles. The maximum atomic E-state index is 13.5. The van der Waals surface area contributed by atoms with E-state index in [-0.39, 0.29) is 12.5 Å². The quantitative estimate of drug-likeness (QED) is 0.668. The van der Waals surface area contributed by atoms with Crippen molar-refractivity contribution in [1.82, 2.24) is 4.72 Å². The smallest absolute Gasteiger partial charge is 0.258 e. The van der Waals surface area contributed by atoms with Crippen molar-refractivity contribution in [3.8, 4) is 0 Å². The van der Waals surface area contributed by atoms with Crippen molar-refractivity contribution in [2.75, 3.05) is 6.54 Å². The second-order valence-corrected chi connectivity index (χ2v) is 6.93. The van der Waals surface area contributed by atoms with Crippen molar-refractivity contribution >= 4 is 15.7 Å². The van der Waals surface area contributed by atoms with E-state index >= 15 is 0 Å². The number of benzene rings is 1. The van der Waals surface area contributed by atoms with Gasteiger partial charge in [0.1, 0.15) is 0 Å². The van der Waals surface area contributed by atoms with Gasteiger partial charge in [-0.15, -0.1) is 0 Å². The first kappa shape index (κ1) is 15.8. The number of nitrogens with zero attached hydrogens (tertiary/aromatic N) is 1. The van der Waals surface area contributed by atoms with E-state index in [9.17, 15) is 22.9 Å². The lowest BCUT2D eigenvalue weighted by atomic mass is 9.90. The predicted octanol–water partition coefficient (Wildman–Crippen LogP) is 2.59. The number of hydrogen-bond donors (Lipinski definition) is 1. The molecule has 0 bridgehead atoms. The molecule has 1 saturated carbocycles. The molecule has 0 unspecified atom stereocenters. The summed E-state index contributed by atoms with van der Waals surface area (Å²) in [6.45, 7) is 0.232. The van der Waals surface area contributed by atoms with Crippen LogP contribution in [0.5, 0.6) is 0 Å². The molecule has 0 amide bonds. The van der Waals surface area contributed by atoms with Gasteiger partial charge in [0.2, 0.25) is 15.8 Å². The predicted molar refractivity (Wildman–Crippen MR) is 74.8 cm³/mol. The summed E-state index contributed by atoms with van der Waals surface area (Å²) >= 11 is 0. The number of nitrogens with one attached hydrogen (secondary N) is 1. The van der Waals surface area contributed by atoms with Crippen molar-refractivity contribution in [3.05, 3.63) is 34.1 Å². The molecule has 6 nitrogen and oxygen atoms in total. The number of para-hydroxylation sites is 1. The molecule has 0 saturated heterocycles. The SMILES string of the molecule is O=[N+]([O-])c1c(F)cccc1S(=O)(=O)NCC1CCCCC1. The van der Waals surface area contributed by atoms with Crippen LogP contribution in [0.1, 0.15) is 32.1 Å². The molecule has 1 aliphatic rings. The maximum absolute atomic E-state index is 13.5. The summed E-state index contributed by atoms with van der Waals surface area (Å²) in [5, 5.41) is 10.9. The van der Waals surface area contributed by atoms with Gasteiger partial charge in [0.15, 0.2) is 4.90 Å². The minimum atomic E-state index is -4.09. The molecule has 0 radical (unpaired) electrons. The van der Waals surface area contributed by atoms with Gasteiger partial charge in [-0.25, -0.2) is 13.1 Å². The summed E-state index contributed by atoms with van der Waals surface area (Å²) in [6.07, 6.45) is 5.15. The topological polar surface area (TPSA) is 89.3 Å². The summed E-state index contributed by atoms with van der Waals surface area (Å²) in [6, 6.07) is 3.07. The van der Waals surface area contributed by atoms with Gasteiger partial charge in [0.25, 0.3) is 0 Å². The van der Waals surface area contributed by atoms with Gasteiger partial charge >= 0.3 is 5.69 Å². The second kappa shape index (κ2) is 6.48. The van der Waals surface area contributed by atoms with Crippen molar-refractivity contribution in [2.24, 2.45) is 5.92 Å². The summed E-state index contributed by atoms with van der Waals surface area (Å²) in [5.41, 5.74) is -1.01. The lowest BCUT2D eigenvalue weighted by Gasteiger charge is -2.21. The van der Waals surface area contributed by atoms with E-state index in [0.29, 0.717) is 0 Å². The Morgan fingerprint density at radius 2 is 1.95 bits per heavy atom. The third-order valence-electron chi connectivity index (χ3n) is 3.71. The number of halogens is 1. The Balaban J connectivity index is 2.19. The first-order chi connectivity index (χ1) is 9.92. The van der Waals surface area contributed by atoms with E-state index in [1.807, 2.05) is 0 Å². The van der Waals surface area contributed by atoms with Gasteiger partial charge < -0.3 is 0 Å². The summed E-state index contributed by atoms with van der Waals surface area (Å²) < 4.78 is 40.2. The van der Waals surface area contributed by atoms with Crippen molar-refractivity contribution < 1.29 is 17.7 Å². The molecule has 0 aliphatic heterocycles. The van der Waals surface area contributed by atoms with Crippen LogP contribution in [-0.4, -0.2) is 19.9 Å². The first-order valence-electron chi connectivity index (χ1n) is 6.84. The van der Waals surface area contributed by atoms with Crippen molar-refractivity contribution in [3.63, 3.8) is 0 Å². The number of rotatable bonds is 5. The Labute approximate surface area is 122 Å². The fraction of sp³-hybridized carbons (Fsp3) is 0.538. The Kier molecular flexibility index (Phi) is 4.89. The summed E-state index contributed by atoms with van der Waals surface area (Å²) in [4.78, 5) is 9.24. The third kappa shape index (κ3) is 3.76. The average Bonchev–Trinajstić information content (AvgIpc) is 2.46. The van der Waals surface area contributed by atoms with Crippen LogP contribution in [0.15, 0.2) is 23.1 Å². The molecule has 1 N–H and O–H groups in total. The van der Waals surface area contributed by atoms with Gasteiger partial charge in [-0.1, -0.05) is 25.3 Å². The third-order valence-corrected chi connectivity index (χ3v) is 5.16. The highest BCUT2D eigenvalue weighted by atomic mass is 32.2. The lowest BCUT2D eigenvalue weighted by Crippen LogP contribution is -2.30. The van der Waals surface area contributed by atoms with Crippen LogP contribution in [0.3, 0.4) is 0 Å². The molecule has 0 atom stereocenters. The largest absolute Gasteiger partial charge is 0.324 e. The fourth-order valence-corrected chi connectivity index (χ4v) is 3.88. The highest BCUT2D eigenvalue weighted by molar-refractivity contribution is 7.89. The van der Waals surface area contributed by atoms with Crippen LogP contribution in [0.4, 0.5) is 10.1 Å². The standard InChI is InChI=1S/C13H17FN2O4S/c14-11-7-4-8-12(13(11)16(17)18)21(19,20)15-9-10-5-2-1-3-6-10/h4,7-8,10,15H,1-3,5-6,9H2. The Hall–Kier alpha value is -1.54. The molecule has 0 aromatic heterocycles. The minimum absolute atomic E-state index is 0.232. The number of sulfonamides is 1. The van der Waals surface area contributed by atoms with Crippen molar-refractivity contribution in [2.45, 2.75) is 37.0 Å². The zero-order chi connectivity index (χ0) is 15.5. The molecule has 8 heteroatoms. The van der Waals surface area contributed by atoms with E-state index in [4.69, 9.17) is 0 Å². The van der Waals surface area contributed by atoms with E-state index < -0.39 is 31.3 Å². The molecule has 1 aliphatic carbocycles. The molecule has 2 rings (SSSR count). The van der Waals surface area contributed by atoms with Crippen LogP contribution in [0.25, 0.3) is 0 Å². The second-order valence-electron chi connectivity index (χ2n) is 5.20. The Morgan fingerprint density at radius 3 is 2.57 bits per heavy atom. The van der Waals surface area contributed by atoms with E-state index in [2.05, 4.69) is 4.72 Å². The van der Waals surface area contributed by atoms with E-state index in [1.165, 1.54) is 0 Å². The summed E-state index contributed by atoms with van der Waals surface area (Å²) in [7, 11) is -4.09. The van der Waals surface area contributed by atoms with Gasteiger partial charge in [0.05, 0.1) is 4.92 Å². The summed E-state index contributed by atoms with van der Waals surface area (Å²) in [5.74, 6) is -0.915. The highest BCUT2D eigenvalue weighted by Gasteiger charge is 2.29. The van der Waals surface area contributed by atoms with Crippen LogP contribution >= 0.6 is 0 Å². The number of nitro benzene ring substituents is 1. The Bertz CT molecular complexity index is 627. The molecule has 0 spiro atoms. The van der Waals surface area contributed by atoms with Crippen LogP contribution in [0, 0.1) is 21.8 Å². The molecule has 1 aromatic rings. The van der Waals surface area contributed by atoms with Crippen LogP contribution in [0.2, 0.25) is 0 Å². The van der Waals surface area contributed by atoms with Crippen molar-refractivity contribution in [1.29, 1.82) is 0 Å². The molecule has 1 fully saturated rings. The average molecular weight is 316 g/mol. The number of nitro groups is 1. The minimum Gasteiger partial charge on any atom is -0.258 e. The highest BCUT2D eigenvalue weighted by Crippen LogP contribution is 2.27. The van der Waals surface area contributed by atoms with E-state index in [0.717, 1.165) is 50.3 Å². The normalized spacial score (nSPS) is 16.8. The molecule has 116 valence electrons. The van der Waals surface area contributed by atoms with E-state index in [1.54, 1.807) is 0 Å². The Morgan fingerprint density at radius 1 is 1.29 bits per heavy atom. The van der Waals surface area contributed by atoms with Gasteiger partial charge in [-0.2, -0.15) is 4.39 Å². The maximum Gasteiger partial charge on any atom is 0.324 e. The fourth-order valence-electron chi connectivity index (χ4n) is 2.59. The van der Waals surface area contributed by atoms with Gasteiger partial charge in [-0.3, -0.25) is 10.1 Å². The lowest BCUT2D eigenvalue weighted by molar-refractivity contribution is -0.390. The number of hydrogen-bond acceptors (Lipinski definition) is 4. The molecule has 1 aromatic carbocycles. The monoisotopic (exact) mass is 316 g/mol. The first-order valence-corrected chi connectivity index (χ1v) is 8.32. The van der Waals surface area contributed by atoms with Gasteiger partial charge in [0, 0.05) is 6.54 Å². The van der Waals surface area contributed by atoms with Crippen LogP contribution < -0.4 is 4.72 Å². The molecule has 21 heavy (non-hydrogen) atoms. The zero-order valence-corrected chi connectivity index (χ0v) is 12.2. The zero-order valence-electron chi connectivity index (χ0n) is 11.4.